The van der Waals surface area contributed by atoms with Crippen molar-refractivity contribution < 1.29 is 10.2 Å². The van der Waals surface area contributed by atoms with E-state index in [0.717, 1.165) is 6.08 Å². The van der Waals surface area contributed by atoms with Crippen LogP contribution in [-0.2, 0) is 0 Å². The summed E-state index contributed by atoms with van der Waals surface area (Å²) in [5.74, 6) is -1.61. The molecule has 0 aliphatic rings. The first-order valence-electron chi connectivity index (χ1n) is 3.13. The summed E-state index contributed by atoms with van der Waals surface area (Å²) in [7, 11) is 0. The van der Waals surface area contributed by atoms with E-state index in [1.165, 1.54) is 6.92 Å². The zero-order valence-corrected chi connectivity index (χ0v) is 6.40. The lowest BCUT2D eigenvalue weighted by Gasteiger charge is -2.07. The van der Waals surface area contributed by atoms with Crippen LogP contribution in [0.4, 0.5) is 8.78 Å². The van der Waals surface area contributed by atoms with Crippen LogP contribution in [0.3, 0.4) is 0 Å². The molecule has 0 saturated heterocycles. The highest BCUT2D eigenvalue weighted by molar-refractivity contribution is 5.34. The van der Waals surface area contributed by atoms with Crippen molar-refractivity contribution in [1.82, 2.24) is 0 Å². The Morgan fingerprint density at radius 1 is 1.64 bits per heavy atom. The van der Waals surface area contributed by atoms with Crippen molar-refractivity contribution in [1.29, 1.82) is 0 Å². The summed E-state index contributed by atoms with van der Waals surface area (Å²) < 4.78 is 25.1. The van der Waals surface area contributed by atoms with Gasteiger partial charge < -0.3 is 5.73 Å². The van der Waals surface area contributed by atoms with Crippen molar-refractivity contribution in [3.8, 4) is 0 Å². The maximum absolute atomic E-state index is 12.7. The van der Waals surface area contributed by atoms with Gasteiger partial charge in [-0.05, 0) is 13.0 Å². The highest BCUT2D eigenvalue weighted by atomic mass is 19.1. The molecule has 3 heteroatoms. The van der Waals surface area contributed by atoms with E-state index in [-0.39, 0.29) is 7.00 Å². The topological polar surface area (TPSA) is 26.0 Å². The minimum atomic E-state index is -0.850. The van der Waals surface area contributed by atoms with Crippen molar-refractivity contribution in [2.24, 2.45) is 5.73 Å². The molecule has 0 radical (unpaired) electrons. The molecule has 0 aliphatic carbocycles. The first-order valence-corrected chi connectivity index (χ1v) is 3.13. The maximum atomic E-state index is 12.7. The van der Waals surface area contributed by atoms with Crippen LogP contribution in [-0.4, -0.2) is 6.04 Å². The molecule has 0 bridgehead atoms. The Hall–Kier alpha value is -0.960. The Labute approximate surface area is 66.4 Å². The quantitative estimate of drug-likeness (QED) is 0.632. The van der Waals surface area contributed by atoms with Crippen molar-refractivity contribution in [2.75, 3.05) is 0 Å². The molecule has 0 saturated carbocycles. The average Bonchev–Trinajstić information content (AvgIpc) is 1.85. The van der Waals surface area contributed by atoms with E-state index in [0.29, 0.717) is 0 Å². The third-order valence-electron chi connectivity index (χ3n) is 1.18. The molecule has 1 atom stereocenters. The molecule has 0 unspecified atom stereocenters. The third kappa shape index (κ3) is 2.63. The highest BCUT2D eigenvalue weighted by Gasteiger charge is 2.12. The van der Waals surface area contributed by atoms with E-state index in [4.69, 9.17) is 5.73 Å². The summed E-state index contributed by atoms with van der Waals surface area (Å²) in [6.45, 7) is 7.58. The Bertz CT molecular complexity index is 209. The van der Waals surface area contributed by atoms with Crippen LogP contribution in [0.2, 0.25) is 0 Å². The fourth-order valence-corrected chi connectivity index (χ4v) is 0.704. The van der Waals surface area contributed by atoms with Gasteiger partial charge in [0, 0.05) is 13.0 Å². The molecule has 0 fully saturated rings. The molecule has 0 aliphatic heterocycles. The zero-order valence-electron chi connectivity index (χ0n) is 6.40. The molecule has 0 aromatic heterocycles. The van der Waals surface area contributed by atoms with Gasteiger partial charge in [-0.1, -0.05) is 13.2 Å². The SMILES string of the molecule is C=C/C(F)=C(\C(=C)F)[C@@H](C)N.[HH]. The van der Waals surface area contributed by atoms with Crippen LogP contribution < -0.4 is 5.73 Å². The second-order valence-corrected chi connectivity index (χ2v) is 2.16. The Kier molecular flexibility index (Phi) is 3.68. The van der Waals surface area contributed by atoms with Crippen LogP contribution in [0.5, 0.6) is 0 Å². The van der Waals surface area contributed by atoms with Crippen molar-refractivity contribution >= 4 is 0 Å². The van der Waals surface area contributed by atoms with E-state index in [9.17, 15) is 8.78 Å². The number of allylic oxidation sites excluding steroid dienone is 2. The van der Waals surface area contributed by atoms with Crippen molar-refractivity contribution in [3.05, 3.63) is 36.5 Å². The molecule has 2 N–H and O–H groups in total. The molecule has 0 heterocycles. The first-order chi connectivity index (χ1) is 5.00. The largest absolute Gasteiger partial charge is 0.324 e. The Morgan fingerprint density at radius 2 is 2.09 bits per heavy atom. The van der Waals surface area contributed by atoms with E-state index < -0.39 is 17.7 Å². The van der Waals surface area contributed by atoms with E-state index >= 15 is 0 Å². The summed E-state index contributed by atoms with van der Waals surface area (Å²) in [6, 6.07) is -0.703. The Balaban J connectivity index is 0. The van der Waals surface area contributed by atoms with Gasteiger partial charge in [-0.25, -0.2) is 8.78 Å². The number of rotatable bonds is 3. The van der Waals surface area contributed by atoms with Crippen LogP contribution in [0.1, 0.15) is 8.35 Å². The normalized spacial score (nSPS) is 15.3. The van der Waals surface area contributed by atoms with Gasteiger partial charge in [0.15, 0.2) is 0 Å². The molecule has 64 valence electrons. The van der Waals surface area contributed by atoms with Crippen LogP contribution >= 0.6 is 0 Å². The van der Waals surface area contributed by atoms with Crippen LogP contribution in [0.25, 0.3) is 0 Å². The Morgan fingerprint density at radius 3 is 2.18 bits per heavy atom. The maximum Gasteiger partial charge on any atom is 0.130 e. The molecule has 0 aromatic rings. The molecule has 0 amide bonds. The van der Waals surface area contributed by atoms with Gasteiger partial charge in [0.05, 0.1) is 0 Å². The lowest BCUT2D eigenvalue weighted by molar-refractivity contribution is 0.587. The summed E-state index contributed by atoms with van der Waals surface area (Å²) >= 11 is 0. The molecule has 11 heavy (non-hydrogen) atoms. The van der Waals surface area contributed by atoms with Crippen molar-refractivity contribution in [3.63, 3.8) is 0 Å². The second kappa shape index (κ2) is 4.03. The average molecular weight is 161 g/mol. The summed E-state index contributed by atoms with van der Waals surface area (Å²) in [5.41, 5.74) is 5.05. The van der Waals surface area contributed by atoms with Gasteiger partial charge in [0.25, 0.3) is 0 Å². The van der Waals surface area contributed by atoms with E-state index in [1.807, 2.05) is 0 Å². The third-order valence-corrected chi connectivity index (χ3v) is 1.18. The fourth-order valence-electron chi connectivity index (χ4n) is 0.704. The van der Waals surface area contributed by atoms with Gasteiger partial charge in [0.2, 0.25) is 0 Å². The smallest absolute Gasteiger partial charge is 0.130 e. The predicted octanol–water partition coefficient (Wildman–Crippen LogP) is 2.47. The first kappa shape index (κ1) is 10.0. The van der Waals surface area contributed by atoms with E-state index in [2.05, 4.69) is 13.2 Å². The van der Waals surface area contributed by atoms with Gasteiger partial charge in [-0.3, -0.25) is 0 Å². The summed E-state index contributed by atoms with van der Waals surface area (Å²) in [5, 5.41) is 0. The number of hydrogen-bond acceptors (Lipinski definition) is 1. The molecular formula is C8H13F2N. The van der Waals surface area contributed by atoms with Gasteiger partial charge in [0.1, 0.15) is 11.7 Å². The monoisotopic (exact) mass is 161 g/mol. The summed E-state index contributed by atoms with van der Waals surface area (Å²) in [4.78, 5) is 0. The number of nitrogens with two attached hydrogens (primary N) is 1. The standard InChI is InChI=1S/C8H11F2N.H2/c1-4-7(10)8(5(2)9)6(3)11;/h4,6H,1-2,11H2,3H3;1H/b8-7-;/t6-;/m1./s1. The molecular weight excluding hydrogens is 148 g/mol. The number of hydrogen-bond donors (Lipinski definition) is 1. The van der Waals surface area contributed by atoms with Crippen LogP contribution in [0, 0.1) is 0 Å². The fraction of sp³-hybridized carbons (Fsp3) is 0.250. The molecule has 0 spiro atoms. The van der Waals surface area contributed by atoms with E-state index in [1.54, 1.807) is 0 Å². The molecule has 1 nitrogen and oxygen atoms in total. The second-order valence-electron chi connectivity index (χ2n) is 2.16. The summed E-state index contributed by atoms with van der Waals surface area (Å²) in [6.07, 6.45) is 0.906. The van der Waals surface area contributed by atoms with Gasteiger partial charge in [-0.15, -0.1) is 0 Å². The minimum Gasteiger partial charge on any atom is -0.324 e. The van der Waals surface area contributed by atoms with Crippen LogP contribution in [0.15, 0.2) is 36.5 Å². The van der Waals surface area contributed by atoms with Crippen molar-refractivity contribution in [2.45, 2.75) is 13.0 Å². The molecule has 0 rings (SSSR count). The molecule has 0 aromatic carbocycles. The lowest BCUT2D eigenvalue weighted by atomic mass is 10.1. The minimum absolute atomic E-state index is 0. The van der Waals surface area contributed by atoms with Gasteiger partial charge in [-0.2, -0.15) is 0 Å². The zero-order chi connectivity index (χ0) is 9.02. The predicted molar refractivity (Wildman–Crippen MR) is 44.3 cm³/mol. The number of halogens is 2. The lowest BCUT2D eigenvalue weighted by Crippen LogP contribution is -2.19. The highest BCUT2D eigenvalue weighted by Crippen LogP contribution is 2.18. The van der Waals surface area contributed by atoms with Gasteiger partial charge >= 0.3 is 0 Å².